The number of benzene rings is 1. The Labute approximate surface area is 97.6 Å². The summed E-state index contributed by atoms with van der Waals surface area (Å²) in [5, 5.41) is 0. The molecule has 0 saturated carbocycles. The van der Waals surface area contributed by atoms with Gasteiger partial charge in [-0.3, -0.25) is 4.79 Å². The molecule has 1 aromatic carbocycles. The fourth-order valence-corrected chi connectivity index (χ4v) is 1.59. The van der Waals surface area contributed by atoms with Gasteiger partial charge in [0.25, 0.3) is 0 Å². The highest BCUT2D eigenvalue weighted by atomic mass is 16.5. The molecule has 0 N–H and O–H groups in total. The van der Waals surface area contributed by atoms with Crippen LogP contribution in [-0.4, -0.2) is 12.9 Å². The van der Waals surface area contributed by atoms with E-state index in [0.29, 0.717) is 5.92 Å². The summed E-state index contributed by atoms with van der Waals surface area (Å²) in [4.78, 5) is 10.8. The van der Waals surface area contributed by atoms with Crippen LogP contribution in [0.5, 0.6) is 5.75 Å². The van der Waals surface area contributed by atoms with Crippen molar-refractivity contribution in [1.29, 1.82) is 0 Å². The fourth-order valence-electron chi connectivity index (χ4n) is 1.59. The summed E-state index contributed by atoms with van der Waals surface area (Å²) < 4.78 is 5.69. The second kappa shape index (κ2) is 6.31. The Morgan fingerprint density at radius 1 is 1.38 bits per heavy atom. The summed E-state index contributed by atoms with van der Waals surface area (Å²) in [6, 6.07) is 5.65. The third kappa shape index (κ3) is 3.09. The lowest BCUT2D eigenvalue weighted by atomic mass is 9.96. The lowest BCUT2D eigenvalue weighted by Gasteiger charge is -2.16. The summed E-state index contributed by atoms with van der Waals surface area (Å²) in [6.07, 6.45) is 2.93. The standard InChI is InChI=1S/C14H20O2/c1-4-8-16-14-7-6-12(10-15)9-13(14)11(3)5-2/h6-7,9-11H,4-5,8H2,1-3H3. The fraction of sp³-hybridized carbons (Fsp3) is 0.500. The van der Waals surface area contributed by atoms with Gasteiger partial charge in [0.15, 0.2) is 0 Å². The van der Waals surface area contributed by atoms with E-state index in [0.717, 1.165) is 42.6 Å². The molecular formula is C14H20O2. The van der Waals surface area contributed by atoms with Gasteiger partial charge in [0.2, 0.25) is 0 Å². The first-order valence-corrected chi connectivity index (χ1v) is 5.94. The number of ether oxygens (including phenoxy) is 1. The van der Waals surface area contributed by atoms with Crippen LogP contribution in [0.1, 0.15) is 55.5 Å². The van der Waals surface area contributed by atoms with Crippen molar-refractivity contribution in [1.82, 2.24) is 0 Å². The monoisotopic (exact) mass is 220 g/mol. The highest BCUT2D eigenvalue weighted by Crippen LogP contribution is 2.29. The van der Waals surface area contributed by atoms with Crippen molar-refractivity contribution in [2.45, 2.75) is 39.5 Å². The van der Waals surface area contributed by atoms with Crippen LogP contribution in [0.3, 0.4) is 0 Å². The van der Waals surface area contributed by atoms with Gasteiger partial charge in [0.05, 0.1) is 6.61 Å². The van der Waals surface area contributed by atoms with Gasteiger partial charge in [-0.15, -0.1) is 0 Å². The molecular weight excluding hydrogens is 200 g/mol. The van der Waals surface area contributed by atoms with Crippen molar-refractivity contribution in [2.24, 2.45) is 0 Å². The van der Waals surface area contributed by atoms with Crippen molar-refractivity contribution in [3.8, 4) is 5.75 Å². The average Bonchev–Trinajstić information content (AvgIpc) is 2.35. The first-order chi connectivity index (χ1) is 7.72. The van der Waals surface area contributed by atoms with E-state index in [1.165, 1.54) is 0 Å². The second-order valence-electron chi connectivity index (χ2n) is 4.07. The minimum atomic E-state index is 0.423. The van der Waals surface area contributed by atoms with E-state index >= 15 is 0 Å². The van der Waals surface area contributed by atoms with E-state index in [1.54, 1.807) is 0 Å². The minimum absolute atomic E-state index is 0.423. The average molecular weight is 220 g/mol. The van der Waals surface area contributed by atoms with Crippen LogP contribution in [0.4, 0.5) is 0 Å². The van der Waals surface area contributed by atoms with Crippen molar-refractivity contribution in [2.75, 3.05) is 6.61 Å². The molecule has 0 aromatic heterocycles. The quantitative estimate of drug-likeness (QED) is 0.681. The molecule has 0 aliphatic rings. The molecule has 16 heavy (non-hydrogen) atoms. The van der Waals surface area contributed by atoms with Crippen LogP contribution in [0.2, 0.25) is 0 Å². The molecule has 1 unspecified atom stereocenters. The van der Waals surface area contributed by atoms with Crippen LogP contribution in [0.25, 0.3) is 0 Å². The van der Waals surface area contributed by atoms with Crippen molar-refractivity contribution in [3.05, 3.63) is 29.3 Å². The van der Waals surface area contributed by atoms with E-state index in [2.05, 4.69) is 20.8 Å². The molecule has 0 bridgehead atoms. The van der Waals surface area contributed by atoms with Gasteiger partial charge in [-0.2, -0.15) is 0 Å². The van der Waals surface area contributed by atoms with Gasteiger partial charge in [0.1, 0.15) is 12.0 Å². The predicted molar refractivity (Wildman–Crippen MR) is 66.3 cm³/mol. The predicted octanol–water partition coefficient (Wildman–Crippen LogP) is 3.80. The zero-order valence-corrected chi connectivity index (χ0v) is 10.3. The molecule has 0 aliphatic carbocycles. The first-order valence-electron chi connectivity index (χ1n) is 5.94. The van der Waals surface area contributed by atoms with Gasteiger partial charge in [-0.1, -0.05) is 20.8 Å². The molecule has 0 spiro atoms. The van der Waals surface area contributed by atoms with E-state index in [9.17, 15) is 4.79 Å². The first kappa shape index (κ1) is 12.8. The van der Waals surface area contributed by atoms with Gasteiger partial charge in [-0.25, -0.2) is 0 Å². The Kier molecular flexibility index (Phi) is 5.03. The third-order valence-corrected chi connectivity index (χ3v) is 2.77. The molecule has 1 atom stereocenters. The van der Waals surface area contributed by atoms with Gasteiger partial charge >= 0.3 is 0 Å². The normalized spacial score (nSPS) is 12.2. The number of carbonyl (C=O) groups is 1. The third-order valence-electron chi connectivity index (χ3n) is 2.77. The zero-order valence-electron chi connectivity index (χ0n) is 10.3. The maximum atomic E-state index is 10.8. The molecule has 0 aliphatic heterocycles. The number of hydrogen-bond acceptors (Lipinski definition) is 2. The molecule has 0 fully saturated rings. The number of aldehydes is 1. The van der Waals surface area contributed by atoms with Crippen molar-refractivity contribution >= 4 is 6.29 Å². The minimum Gasteiger partial charge on any atom is -0.493 e. The van der Waals surface area contributed by atoms with Crippen LogP contribution >= 0.6 is 0 Å². The highest BCUT2D eigenvalue weighted by Gasteiger charge is 2.10. The Hall–Kier alpha value is -1.31. The van der Waals surface area contributed by atoms with E-state index < -0.39 is 0 Å². The summed E-state index contributed by atoms with van der Waals surface area (Å²) >= 11 is 0. The molecule has 0 heterocycles. The second-order valence-corrected chi connectivity index (χ2v) is 4.07. The maximum Gasteiger partial charge on any atom is 0.150 e. The SMILES string of the molecule is CCCOc1ccc(C=O)cc1C(C)CC. The molecule has 2 heteroatoms. The maximum absolute atomic E-state index is 10.8. The van der Waals surface area contributed by atoms with Crippen LogP contribution in [0.15, 0.2) is 18.2 Å². The van der Waals surface area contributed by atoms with Gasteiger partial charge in [0, 0.05) is 5.56 Å². The van der Waals surface area contributed by atoms with E-state index in [-0.39, 0.29) is 0 Å². The Balaban J connectivity index is 3.00. The molecule has 0 amide bonds. The summed E-state index contributed by atoms with van der Waals surface area (Å²) in [5.41, 5.74) is 1.86. The van der Waals surface area contributed by atoms with Crippen LogP contribution < -0.4 is 4.74 Å². The zero-order chi connectivity index (χ0) is 12.0. The highest BCUT2D eigenvalue weighted by molar-refractivity contribution is 5.75. The molecule has 0 radical (unpaired) electrons. The molecule has 88 valence electrons. The van der Waals surface area contributed by atoms with E-state index in [4.69, 9.17) is 4.74 Å². The smallest absolute Gasteiger partial charge is 0.150 e. The van der Waals surface area contributed by atoms with Gasteiger partial charge < -0.3 is 4.74 Å². The van der Waals surface area contributed by atoms with Crippen LogP contribution in [-0.2, 0) is 0 Å². The topological polar surface area (TPSA) is 26.3 Å². The summed E-state index contributed by atoms with van der Waals surface area (Å²) in [7, 11) is 0. The molecule has 1 rings (SSSR count). The van der Waals surface area contributed by atoms with Crippen molar-refractivity contribution in [3.63, 3.8) is 0 Å². The number of rotatable bonds is 6. The lowest BCUT2D eigenvalue weighted by molar-refractivity contribution is 0.112. The summed E-state index contributed by atoms with van der Waals surface area (Å²) in [5.74, 6) is 1.34. The number of carbonyl (C=O) groups excluding carboxylic acids is 1. The lowest BCUT2D eigenvalue weighted by Crippen LogP contribution is -2.02. The Morgan fingerprint density at radius 2 is 2.12 bits per heavy atom. The van der Waals surface area contributed by atoms with E-state index in [1.807, 2.05) is 18.2 Å². The molecule has 2 nitrogen and oxygen atoms in total. The Bertz CT molecular complexity index is 345. The Morgan fingerprint density at radius 3 is 2.69 bits per heavy atom. The van der Waals surface area contributed by atoms with Crippen molar-refractivity contribution < 1.29 is 9.53 Å². The van der Waals surface area contributed by atoms with Gasteiger partial charge in [-0.05, 0) is 42.5 Å². The molecule has 1 aromatic rings. The molecule has 0 saturated heterocycles. The largest absolute Gasteiger partial charge is 0.493 e. The summed E-state index contributed by atoms with van der Waals surface area (Å²) in [6.45, 7) is 7.11. The van der Waals surface area contributed by atoms with Crippen LogP contribution in [0, 0.1) is 0 Å². The number of hydrogen-bond donors (Lipinski definition) is 0.